The molecule has 0 saturated carbocycles. The van der Waals surface area contributed by atoms with E-state index < -0.39 is 10.0 Å². The highest BCUT2D eigenvalue weighted by atomic mass is 32.2. The average Bonchev–Trinajstić information content (AvgIpc) is 3.28. The Bertz CT molecular complexity index is 1320. The molecule has 1 aromatic heterocycles. The summed E-state index contributed by atoms with van der Waals surface area (Å²) in [7, 11) is -3.72. The summed E-state index contributed by atoms with van der Waals surface area (Å²) in [5, 5.41) is 20.1. The van der Waals surface area contributed by atoms with Gasteiger partial charge in [-0.2, -0.15) is 4.68 Å². The van der Waals surface area contributed by atoms with Gasteiger partial charge in [0, 0.05) is 12.2 Å². The Morgan fingerprint density at radius 1 is 1.00 bits per heavy atom. The summed E-state index contributed by atoms with van der Waals surface area (Å²) in [6.45, 7) is 2.82. The third kappa shape index (κ3) is 5.45. The van der Waals surface area contributed by atoms with Crippen LogP contribution in [0.2, 0.25) is 0 Å². The number of primary sulfonamides is 1. The zero-order valence-electron chi connectivity index (χ0n) is 17.7. The predicted molar refractivity (Wildman–Crippen MR) is 122 cm³/mol. The molecule has 4 aromatic rings. The Morgan fingerprint density at radius 2 is 1.76 bits per heavy atom. The zero-order valence-corrected chi connectivity index (χ0v) is 18.6. The number of benzene rings is 3. The Balaban J connectivity index is 1.50. The highest BCUT2D eigenvalue weighted by molar-refractivity contribution is 7.89. The van der Waals surface area contributed by atoms with Gasteiger partial charge in [-0.25, -0.2) is 13.6 Å². The van der Waals surface area contributed by atoms with Crippen LogP contribution < -0.4 is 19.9 Å². The van der Waals surface area contributed by atoms with E-state index in [9.17, 15) is 8.42 Å². The molecule has 0 saturated heterocycles. The Labute approximate surface area is 191 Å². The zero-order chi connectivity index (χ0) is 23.3. The summed E-state index contributed by atoms with van der Waals surface area (Å²) in [4.78, 5) is 0.0611. The van der Waals surface area contributed by atoms with Crippen molar-refractivity contribution in [2.75, 3.05) is 11.9 Å². The minimum Gasteiger partial charge on any atom is -0.490 e. The van der Waals surface area contributed by atoms with Crippen molar-refractivity contribution >= 4 is 15.7 Å². The smallest absolute Gasteiger partial charge is 0.346 e. The molecule has 0 unspecified atom stereocenters. The van der Waals surface area contributed by atoms with Crippen molar-refractivity contribution in [3.8, 4) is 23.2 Å². The van der Waals surface area contributed by atoms with E-state index in [1.165, 1.54) is 16.8 Å². The Morgan fingerprint density at radius 3 is 2.45 bits per heavy atom. The molecule has 4 rings (SSSR count). The summed E-state index contributed by atoms with van der Waals surface area (Å²) < 4.78 is 36.0. The highest BCUT2D eigenvalue weighted by Gasteiger charge is 2.14. The van der Waals surface area contributed by atoms with Gasteiger partial charge in [-0.05, 0) is 71.4 Å². The number of para-hydroxylation sites is 1. The SMILES string of the molecule is CCOc1cc(CNc2ccc(S(N)(=O)=O)cc2)ccc1Oc1nnnn1-c1ccccc1. The number of rotatable bonds is 9. The second-order valence-corrected chi connectivity index (χ2v) is 8.51. The molecule has 0 spiro atoms. The first-order chi connectivity index (χ1) is 15.9. The molecule has 10 nitrogen and oxygen atoms in total. The summed E-state index contributed by atoms with van der Waals surface area (Å²) in [5.41, 5.74) is 2.46. The van der Waals surface area contributed by atoms with Gasteiger partial charge in [-0.1, -0.05) is 29.4 Å². The summed E-state index contributed by atoms with van der Waals surface area (Å²) >= 11 is 0. The molecule has 0 atom stereocenters. The van der Waals surface area contributed by atoms with Crippen molar-refractivity contribution in [1.82, 2.24) is 20.2 Å². The molecule has 33 heavy (non-hydrogen) atoms. The molecule has 11 heteroatoms. The van der Waals surface area contributed by atoms with Gasteiger partial charge in [-0.3, -0.25) is 0 Å². The maximum absolute atomic E-state index is 11.4. The number of nitrogens with two attached hydrogens (primary N) is 1. The van der Waals surface area contributed by atoms with Crippen molar-refractivity contribution in [2.45, 2.75) is 18.4 Å². The van der Waals surface area contributed by atoms with Gasteiger partial charge in [0.2, 0.25) is 10.0 Å². The third-order valence-electron chi connectivity index (χ3n) is 4.63. The topological polar surface area (TPSA) is 134 Å². The van der Waals surface area contributed by atoms with Crippen LogP contribution in [0.15, 0.2) is 77.7 Å². The van der Waals surface area contributed by atoms with E-state index in [1.807, 2.05) is 49.4 Å². The maximum Gasteiger partial charge on any atom is 0.346 e. The molecule has 0 radical (unpaired) electrons. The molecular formula is C22H22N6O4S. The lowest BCUT2D eigenvalue weighted by molar-refractivity contribution is 0.315. The Hall–Kier alpha value is -3.96. The molecule has 0 bridgehead atoms. The van der Waals surface area contributed by atoms with Crippen molar-refractivity contribution in [2.24, 2.45) is 5.14 Å². The predicted octanol–water partition coefficient (Wildman–Crippen LogP) is 3.11. The van der Waals surface area contributed by atoms with Crippen LogP contribution in [0.4, 0.5) is 5.69 Å². The molecule has 170 valence electrons. The lowest BCUT2D eigenvalue weighted by atomic mass is 10.2. The van der Waals surface area contributed by atoms with Crippen LogP contribution in [-0.4, -0.2) is 35.2 Å². The van der Waals surface area contributed by atoms with Gasteiger partial charge < -0.3 is 14.8 Å². The van der Waals surface area contributed by atoms with Gasteiger partial charge in [0.25, 0.3) is 0 Å². The van der Waals surface area contributed by atoms with E-state index in [0.29, 0.717) is 24.7 Å². The maximum atomic E-state index is 11.4. The number of tetrazole rings is 1. The standard InChI is InChI=1S/C22H22N6O4S/c1-2-31-21-14-16(15-24-17-9-11-19(12-10-17)33(23,29)30)8-13-20(21)32-22-25-26-27-28(22)18-6-4-3-5-7-18/h3-14,24H,2,15H2,1H3,(H2,23,29,30). The van der Waals surface area contributed by atoms with E-state index in [1.54, 1.807) is 18.2 Å². The molecular weight excluding hydrogens is 444 g/mol. The summed E-state index contributed by atoms with van der Waals surface area (Å²) in [5.74, 6) is 1.02. The fraction of sp³-hybridized carbons (Fsp3) is 0.136. The number of anilines is 1. The van der Waals surface area contributed by atoms with Crippen molar-refractivity contribution in [3.63, 3.8) is 0 Å². The first kappa shape index (κ1) is 22.2. The Kier molecular flexibility index (Phi) is 6.52. The average molecular weight is 467 g/mol. The van der Waals surface area contributed by atoms with Gasteiger partial charge in [-0.15, -0.1) is 0 Å². The van der Waals surface area contributed by atoms with E-state index in [2.05, 4.69) is 20.8 Å². The van der Waals surface area contributed by atoms with Crippen LogP contribution in [0.5, 0.6) is 17.5 Å². The lowest BCUT2D eigenvalue weighted by Gasteiger charge is -2.13. The molecule has 0 amide bonds. The number of hydrogen-bond acceptors (Lipinski definition) is 8. The molecule has 0 aliphatic rings. The molecule has 3 N–H and O–H groups in total. The van der Waals surface area contributed by atoms with Crippen molar-refractivity contribution in [1.29, 1.82) is 0 Å². The normalized spacial score (nSPS) is 11.2. The second kappa shape index (κ2) is 9.67. The van der Waals surface area contributed by atoms with Crippen molar-refractivity contribution in [3.05, 3.63) is 78.4 Å². The number of sulfonamides is 1. The largest absolute Gasteiger partial charge is 0.490 e. The van der Waals surface area contributed by atoms with Crippen molar-refractivity contribution < 1.29 is 17.9 Å². The van der Waals surface area contributed by atoms with Crippen LogP contribution in [0.25, 0.3) is 5.69 Å². The van der Waals surface area contributed by atoms with E-state index in [-0.39, 0.29) is 10.9 Å². The van der Waals surface area contributed by atoms with Gasteiger partial charge in [0.1, 0.15) is 0 Å². The molecule has 0 aliphatic carbocycles. The highest BCUT2D eigenvalue weighted by Crippen LogP contribution is 2.32. The minimum absolute atomic E-state index is 0.0611. The van der Waals surface area contributed by atoms with Crippen LogP contribution in [0.1, 0.15) is 12.5 Å². The quantitative estimate of drug-likeness (QED) is 0.384. The van der Waals surface area contributed by atoms with Crippen LogP contribution >= 0.6 is 0 Å². The first-order valence-electron chi connectivity index (χ1n) is 10.1. The van der Waals surface area contributed by atoms with Crippen LogP contribution in [-0.2, 0) is 16.6 Å². The molecule has 1 heterocycles. The second-order valence-electron chi connectivity index (χ2n) is 6.95. The number of nitrogens with one attached hydrogen (secondary N) is 1. The molecule has 0 fully saturated rings. The molecule has 3 aromatic carbocycles. The van der Waals surface area contributed by atoms with E-state index in [0.717, 1.165) is 16.9 Å². The number of hydrogen-bond donors (Lipinski definition) is 2. The van der Waals surface area contributed by atoms with Gasteiger partial charge >= 0.3 is 6.01 Å². The number of ether oxygens (including phenoxy) is 2. The number of aromatic nitrogens is 4. The van der Waals surface area contributed by atoms with Gasteiger partial charge in [0.05, 0.1) is 17.2 Å². The lowest BCUT2D eigenvalue weighted by Crippen LogP contribution is -2.12. The van der Waals surface area contributed by atoms with E-state index in [4.69, 9.17) is 14.6 Å². The fourth-order valence-corrected chi connectivity index (χ4v) is 3.57. The van der Waals surface area contributed by atoms with E-state index >= 15 is 0 Å². The minimum atomic E-state index is -3.72. The van der Waals surface area contributed by atoms with Crippen LogP contribution in [0, 0.1) is 0 Å². The monoisotopic (exact) mass is 466 g/mol. The summed E-state index contributed by atoms with van der Waals surface area (Å²) in [6.07, 6.45) is 0. The third-order valence-corrected chi connectivity index (χ3v) is 5.56. The fourth-order valence-electron chi connectivity index (χ4n) is 3.05. The van der Waals surface area contributed by atoms with Crippen LogP contribution in [0.3, 0.4) is 0 Å². The summed E-state index contributed by atoms with van der Waals surface area (Å²) in [6, 6.07) is 21.4. The first-order valence-corrected chi connectivity index (χ1v) is 11.6. The molecule has 0 aliphatic heterocycles. The number of nitrogens with zero attached hydrogens (tertiary/aromatic N) is 4. The van der Waals surface area contributed by atoms with Gasteiger partial charge in [0.15, 0.2) is 11.5 Å².